The Morgan fingerprint density at radius 3 is 2.90 bits per heavy atom. The molecule has 1 aliphatic rings. The molecular weight excluding hydrogens is 124 g/mol. The van der Waals surface area contributed by atoms with E-state index >= 15 is 0 Å². The molecule has 0 spiro atoms. The standard InChI is InChI=1S/C8H16N2/c1-8-4-2-6-10(8)7-3-5-9/h1-7,9H2. The van der Waals surface area contributed by atoms with E-state index in [4.69, 9.17) is 5.73 Å². The van der Waals surface area contributed by atoms with E-state index in [0.29, 0.717) is 0 Å². The SMILES string of the molecule is C=C1CCCN1CCCN. The first-order valence-electron chi connectivity index (χ1n) is 3.97. The molecule has 2 N–H and O–H groups in total. The summed E-state index contributed by atoms with van der Waals surface area (Å²) in [5.74, 6) is 0. The van der Waals surface area contributed by atoms with E-state index in [1.807, 2.05) is 0 Å². The highest BCUT2D eigenvalue weighted by Gasteiger charge is 2.12. The second kappa shape index (κ2) is 3.62. The van der Waals surface area contributed by atoms with Crippen molar-refractivity contribution in [2.75, 3.05) is 19.6 Å². The summed E-state index contributed by atoms with van der Waals surface area (Å²) in [5.41, 5.74) is 6.70. The second-order valence-corrected chi connectivity index (χ2v) is 2.80. The lowest BCUT2D eigenvalue weighted by Crippen LogP contribution is -2.20. The Bertz CT molecular complexity index is 120. The van der Waals surface area contributed by atoms with Crippen molar-refractivity contribution in [2.45, 2.75) is 19.3 Å². The zero-order valence-electron chi connectivity index (χ0n) is 6.47. The van der Waals surface area contributed by atoms with Crippen molar-refractivity contribution < 1.29 is 0 Å². The summed E-state index contributed by atoms with van der Waals surface area (Å²) >= 11 is 0. The number of hydrogen-bond acceptors (Lipinski definition) is 2. The van der Waals surface area contributed by atoms with Crippen LogP contribution in [0.15, 0.2) is 12.3 Å². The van der Waals surface area contributed by atoms with Crippen LogP contribution < -0.4 is 5.73 Å². The molecule has 0 saturated carbocycles. The summed E-state index contributed by atoms with van der Waals surface area (Å²) in [4.78, 5) is 2.34. The molecule has 58 valence electrons. The van der Waals surface area contributed by atoms with Crippen LogP contribution in [0.5, 0.6) is 0 Å². The van der Waals surface area contributed by atoms with Gasteiger partial charge in [0.25, 0.3) is 0 Å². The summed E-state index contributed by atoms with van der Waals surface area (Å²) in [5, 5.41) is 0. The number of rotatable bonds is 3. The minimum absolute atomic E-state index is 0.795. The Kier molecular flexibility index (Phi) is 2.75. The van der Waals surface area contributed by atoms with E-state index in [1.54, 1.807) is 0 Å². The lowest BCUT2D eigenvalue weighted by atomic mass is 10.3. The van der Waals surface area contributed by atoms with Gasteiger partial charge in [-0.2, -0.15) is 0 Å². The van der Waals surface area contributed by atoms with E-state index in [1.165, 1.54) is 25.1 Å². The Balaban J connectivity index is 2.20. The lowest BCUT2D eigenvalue weighted by Gasteiger charge is -2.17. The zero-order valence-corrected chi connectivity index (χ0v) is 6.47. The molecule has 1 fully saturated rings. The van der Waals surface area contributed by atoms with Crippen molar-refractivity contribution in [1.82, 2.24) is 4.90 Å². The zero-order chi connectivity index (χ0) is 7.40. The second-order valence-electron chi connectivity index (χ2n) is 2.80. The Hall–Kier alpha value is -0.500. The first kappa shape index (κ1) is 7.61. The van der Waals surface area contributed by atoms with Gasteiger partial charge < -0.3 is 10.6 Å². The van der Waals surface area contributed by atoms with E-state index in [9.17, 15) is 0 Å². The average molecular weight is 140 g/mol. The van der Waals surface area contributed by atoms with Crippen molar-refractivity contribution in [2.24, 2.45) is 5.73 Å². The van der Waals surface area contributed by atoms with Crippen molar-refractivity contribution in [3.8, 4) is 0 Å². The van der Waals surface area contributed by atoms with Gasteiger partial charge in [-0.05, 0) is 25.8 Å². The summed E-state index contributed by atoms with van der Waals surface area (Å²) in [7, 11) is 0. The molecule has 1 aliphatic heterocycles. The summed E-state index contributed by atoms with van der Waals surface area (Å²) in [6.45, 7) is 7.07. The predicted molar refractivity (Wildman–Crippen MR) is 43.6 cm³/mol. The van der Waals surface area contributed by atoms with E-state index in [-0.39, 0.29) is 0 Å². The first-order valence-corrected chi connectivity index (χ1v) is 3.97. The topological polar surface area (TPSA) is 29.3 Å². The van der Waals surface area contributed by atoms with Crippen LogP contribution in [-0.2, 0) is 0 Å². The molecule has 0 aromatic carbocycles. The highest BCUT2D eigenvalue weighted by atomic mass is 15.1. The van der Waals surface area contributed by atoms with Crippen LogP contribution in [0.3, 0.4) is 0 Å². The molecule has 0 aliphatic carbocycles. The number of nitrogens with zero attached hydrogens (tertiary/aromatic N) is 1. The largest absolute Gasteiger partial charge is 0.375 e. The number of hydrogen-bond donors (Lipinski definition) is 1. The fraction of sp³-hybridized carbons (Fsp3) is 0.750. The van der Waals surface area contributed by atoms with Crippen molar-refractivity contribution in [3.05, 3.63) is 12.3 Å². The van der Waals surface area contributed by atoms with Crippen molar-refractivity contribution >= 4 is 0 Å². The van der Waals surface area contributed by atoms with E-state index < -0.39 is 0 Å². The van der Waals surface area contributed by atoms with Crippen LogP contribution in [0.1, 0.15) is 19.3 Å². The molecule has 0 amide bonds. The molecule has 10 heavy (non-hydrogen) atoms. The minimum Gasteiger partial charge on any atom is -0.375 e. The quantitative estimate of drug-likeness (QED) is 0.632. The monoisotopic (exact) mass is 140 g/mol. The molecule has 1 rings (SSSR count). The Morgan fingerprint density at radius 2 is 2.40 bits per heavy atom. The first-order chi connectivity index (χ1) is 4.84. The molecule has 0 unspecified atom stereocenters. The van der Waals surface area contributed by atoms with Gasteiger partial charge in [-0.1, -0.05) is 6.58 Å². The highest BCUT2D eigenvalue weighted by molar-refractivity contribution is 4.98. The van der Waals surface area contributed by atoms with E-state index in [0.717, 1.165) is 19.5 Å². The smallest absolute Gasteiger partial charge is 0.0186 e. The minimum atomic E-state index is 0.795. The Morgan fingerprint density at radius 1 is 1.60 bits per heavy atom. The Labute approximate surface area is 62.7 Å². The molecular formula is C8H16N2. The molecule has 0 aromatic heterocycles. The summed E-state index contributed by atoms with van der Waals surface area (Å²) in [6.07, 6.45) is 3.56. The van der Waals surface area contributed by atoms with Gasteiger partial charge in [-0.15, -0.1) is 0 Å². The van der Waals surface area contributed by atoms with Gasteiger partial charge in [0, 0.05) is 18.8 Å². The maximum atomic E-state index is 5.40. The molecule has 2 nitrogen and oxygen atoms in total. The molecule has 0 aromatic rings. The third-order valence-electron chi connectivity index (χ3n) is 1.97. The van der Waals surface area contributed by atoms with Gasteiger partial charge in [0.2, 0.25) is 0 Å². The lowest BCUT2D eigenvalue weighted by molar-refractivity contribution is 0.389. The summed E-state index contributed by atoms with van der Waals surface area (Å²) in [6, 6.07) is 0. The van der Waals surface area contributed by atoms with Crippen LogP contribution in [0.4, 0.5) is 0 Å². The normalized spacial score (nSPS) is 18.5. The van der Waals surface area contributed by atoms with Gasteiger partial charge in [0.15, 0.2) is 0 Å². The predicted octanol–water partition coefficient (Wildman–Crippen LogP) is 0.945. The molecule has 2 heteroatoms. The van der Waals surface area contributed by atoms with Crippen molar-refractivity contribution in [3.63, 3.8) is 0 Å². The molecule has 0 radical (unpaired) electrons. The van der Waals surface area contributed by atoms with E-state index in [2.05, 4.69) is 11.5 Å². The van der Waals surface area contributed by atoms with Crippen LogP contribution in [0.2, 0.25) is 0 Å². The molecule has 1 saturated heterocycles. The number of allylic oxidation sites excluding steroid dienone is 1. The maximum Gasteiger partial charge on any atom is 0.0186 e. The van der Waals surface area contributed by atoms with Gasteiger partial charge in [-0.25, -0.2) is 0 Å². The van der Waals surface area contributed by atoms with Crippen LogP contribution in [0, 0.1) is 0 Å². The van der Waals surface area contributed by atoms with Crippen LogP contribution in [-0.4, -0.2) is 24.5 Å². The van der Waals surface area contributed by atoms with Gasteiger partial charge in [-0.3, -0.25) is 0 Å². The number of nitrogens with two attached hydrogens (primary N) is 1. The third-order valence-corrected chi connectivity index (χ3v) is 1.97. The van der Waals surface area contributed by atoms with Crippen LogP contribution >= 0.6 is 0 Å². The highest BCUT2D eigenvalue weighted by Crippen LogP contribution is 2.18. The average Bonchev–Trinajstić information content (AvgIpc) is 2.31. The third kappa shape index (κ3) is 1.74. The van der Waals surface area contributed by atoms with Crippen molar-refractivity contribution in [1.29, 1.82) is 0 Å². The van der Waals surface area contributed by atoms with Gasteiger partial charge in [0.1, 0.15) is 0 Å². The fourth-order valence-corrected chi connectivity index (χ4v) is 1.34. The molecule has 1 heterocycles. The summed E-state index contributed by atoms with van der Waals surface area (Å²) < 4.78 is 0. The van der Waals surface area contributed by atoms with Gasteiger partial charge >= 0.3 is 0 Å². The van der Waals surface area contributed by atoms with Crippen LogP contribution in [0.25, 0.3) is 0 Å². The fourth-order valence-electron chi connectivity index (χ4n) is 1.34. The molecule has 0 bridgehead atoms. The van der Waals surface area contributed by atoms with Gasteiger partial charge in [0.05, 0.1) is 0 Å². The molecule has 0 atom stereocenters. The number of likely N-dealkylation sites (tertiary alicyclic amines) is 1. The maximum absolute atomic E-state index is 5.40.